The summed E-state index contributed by atoms with van der Waals surface area (Å²) in [7, 11) is 0. The van der Waals surface area contributed by atoms with Crippen molar-refractivity contribution in [1.82, 2.24) is 0 Å². The number of carboxylic acids is 1. The van der Waals surface area contributed by atoms with Gasteiger partial charge < -0.3 is 21.1 Å². The predicted molar refractivity (Wildman–Crippen MR) is 59.7 cm³/mol. The molecule has 5 nitrogen and oxygen atoms in total. The summed E-state index contributed by atoms with van der Waals surface area (Å²) in [6, 6.07) is 4.65. The Morgan fingerprint density at radius 3 is 2.20 bits per heavy atom. The summed E-state index contributed by atoms with van der Waals surface area (Å²) in [6.07, 6.45) is 0. The second kappa shape index (κ2) is 7.22. The van der Waals surface area contributed by atoms with Crippen LogP contribution in [-0.4, -0.2) is 34.5 Å². The van der Waals surface area contributed by atoms with Crippen molar-refractivity contribution >= 4 is 27.6 Å². The molecule has 0 aliphatic heterocycles. The highest BCUT2D eigenvalue weighted by molar-refractivity contribution is 9.10. The highest BCUT2D eigenvalue weighted by Gasteiger charge is 2.06. The quantitative estimate of drug-likeness (QED) is 0.596. The molecular weight excluding hydrogens is 266 g/mol. The fourth-order valence-corrected chi connectivity index (χ4v) is 1.12. The lowest BCUT2D eigenvalue weighted by molar-refractivity contribution is 0.0696. The molecule has 0 heterocycles. The van der Waals surface area contributed by atoms with Gasteiger partial charge in [-0.3, -0.25) is 0 Å². The molecule has 0 aromatic heterocycles. The molecule has 15 heavy (non-hydrogen) atoms. The summed E-state index contributed by atoms with van der Waals surface area (Å²) in [5, 5.41) is 23.9. The standard InChI is InChI=1S/C7H6BrNO2.C2H6O2/c8-6-2-1-4(9)3-5(6)7(10)11;3-1-2-4/h1-3H,9H2,(H,10,11);3-4H,1-2H2. The fourth-order valence-electron chi connectivity index (χ4n) is 0.707. The molecule has 5 N–H and O–H groups in total. The van der Waals surface area contributed by atoms with Gasteiger partial charge in [-0.1, -0.05) is 0 Å². The van der Waals surface area contributed by atoms with Crippen molar-refractivity contribution < 1.29 is 20.1 Å². The minimum atomic E-state index is -0.982. The molecule has 84 valence electrons. The number of nitrogen functional groups attached to an aromatic ring is 1. The normalized spacial score (nSPS) is 9.00. The third-order valence-electron chi connectivity index (χ3n) is 1.32. The molecule has 1 aromatic carbocycles. The second-order valence-corrected chi connectivity index (χ2v) is 3.35. The minimum Gasteiger partial charge on any atom is -0.478 e. The Morgan fingerprint density at radius 1 is 1.33 bits per heavy atom. The number of hydrogen-bond donors (Lipinski definition) is 4. The Labute approximate surface area is 95.3 Å². The van der Waals surface area contributed by atoms with Gasteiger partial charge in [-0.25, -0.2) is 4.79 Å². The summed E-state index contributed by atoms with van der Waals surface area (Å²) >= 11 is 3.09. The van der Waals surface area contributed by atoms with Crippen molar-refractivity contribution in [1.29, 1.82) is 0 Å². The maximum Gasteiger partial charge on any atom is 0.336 e. The van der Waals surface area contributed by atoms with Crippen LogP contribution >= 0.6 is 15.9 Å². The number of aliphatic hydroxyl groups is 2. The van der Waals surface area contributed by atoms with Gasteiger partial charge in [0, 0.05) is 10.2 Å². The zero-order valence-corrected chi connectivity index (χ0v) is 9.44. The van der Waals surface area contributed by atoms with Crippen LogP contribution in [0.15, 0.2) is 22.7 Å². The molecule has 0 aliphatic rings. The average molecular weight is 278 g/mol. The van der Waals surface area contributed by atoms with Gasteiger partial charge in [-0.05, 0) is 34.1 Å². The second-order valence-electron chi connectivity index (χ2n) is 2.49. The van der Waals surface area contributed by atoms with Gasteiger partial charge in [0.15, 0.2) is 0 Å². The van der Waals surface area contributed by atoms with Crippen LogP contribution in [0.3, 0.4) is 0 Å². The number of anilines is 1. The van der Waals surface area contributed by atoms with Crippen LogP contribution < -0.4 is 5.73 Å². The van der Waals surface area contributed by atoms with Gasteiger partial charge >= 0.3 is 5.97 Å². The van der Waals surface area contributed by atoms with Crippen LogP contribution in [0.25, 0.3) is 0 Å². The van der Waals surface area contributed by atoms with E-state index in [1.165, 1.54) is 6.07 Å². The summed E-state index contributed by atoms with van der Waals surface area (Å²) in [5.41, 5.74) is 6.02. The number of carbonyl (C=O) groups is 1. The molecular formula is C9H12BrNO4. The zero-order valence-electron chi connectivity index (χ0n) is 7.85. The number of nitrogens with two attached hydrogens (primary N) is 1. The van der Waals surface area contributed by atoms with E-state index in [1.54, 1.807) is 12.1 Å². The number of halogens is 1. The first kappa shape index (κ1) is 13.9. The summed E-state index contributed by atoms with van der Waals surface area (Å²) in [5.74, 6) is -0.982. The van der Waals surface area contributed by atoms with E-state index in [0.717, 1.165) is 0 Å². The van der Waals surface area contributed by atoms with E-state index in [0.29, 0.717) is 10.2 Å². The predicted octanol–water partition coefficient (Wildman–Crippen LogP) is 0.701. The van der Waals surface area contributed by atoms with Crippen LogP contribution in [0.4, 0.5) is 5.69 Å². The molecule has 0 saturated heterocycles. The zero-order chi connectivity index (χ0) is 11.8. The number of aliphatic hydroxyl groups excluding tert-OH is 2. The van der Waals surface area contributed by atoms with Gasteiger partial charge in [0.1, 0.15) is 0 Å². The number of rotatable bonds is 2. The van der Waals surface area contributed by atoms with Gasteiger partial charge in [0.25, 0.3) is 0 Å². The van der Waals surface area contributed by atoms with Crippen molar-refractivity contribution in [3.8, 4) is 0 Å². The fraction of sp³-hybridized carbons (Fsp3) is 0.222. The van der Waals surface area contributed by atoms with Gasteiger partial charge in [-0.15, -0.1) is 0 Å². The lowest BCUT2D eigenvalue weighted by atomic mass is 10.2. The van der Waals surface area contributed by atoms with E-state index in [1.807, 2.05) is 0 Å². The lowest BCUT2D eigenvalue weighted by Crippen LogP contribution is -1.98. The van der Waals surface area contributed by atoms with Crippen molar-refractivity contribution in [3.63, 3.8) is 0 Å². The monoisotopic (exact) mass is 277 g/mol. The molecule has 0 bridgehead atoms. The first-order chi connectivity index (χ1) is 7.02. The first-order valence-electron chi connectivity index (χ1n) is 4.03. The lowest BCUT2D eigenvalue weighted by Gasteiger charge is -1.98. The van der Waals surface area contributed by atoms with E-state index >= 15 is 0 Å². The van der Waals surface area contributed by atoms with Gasteiger partial charge in [0.05, 0.1) is 18.8 Å². The Morgan fingerprint density at radius 2 is 1.87 bits per heavy atom. The molecule has 0 spiro atoms. The molecule has 0 saturated carbocycles. The molecule has 6 heteroatoms. The van der Waals surface area contributed by atoms with Crippen molar-refractivity contribution in [2.45, 2.75) is 0 Å². The molecule has 0 radical (unpaired) electrons. The average Bonchev–Trinajstić information content (AvgIpc) is 2.22. The van der Waals surface area contributed by atoms with E-state index in [9.17, 15) is 4.79 Å². The Hall–Kier alpha value is -1.11. The Bertz CT molecular complexity index is 328. The minimum absolute atomic E-state index is 0.125. The summed E-state index contributed by atoms with van der Waals surface area (Å²) < 4.78 is 0.541. The Balaban J connectivity index is 0.000000423. The van der Waals surface area contributed by atoms with Crippen LogP contribution in [0.5, 0.6) is 0 Å². The van der Waals surface area contributed by atoms with Gasteiger partial charge in [-0.2, -0.15) is 0 Å². The SMILES string of the molecule is Nc1ccc(Br)c(C(=O)O)c1.OCCO. The number of carboxylic acid groups (broad SMARTS) is 1. The van der Waals surface area contributed by atoms with Crippen LogP contribution in [-0.2, 0) is 0 Å². The number of aromatic carboxylic acids is 1. The van der Waals surface area contributed by atoms with Crippen molar-refractivity contribution in [3.05, 3.63) is 28.2 Å². The molecule has 0 amide bonds. The molecule has 0 aliphatic carbocycles. The maximum absolute atomic E-state index is 10.5. The molecule has 0 fully saturated rings. The van der Waals surface area contributed by atoms with Crippen LogP contribution in [0, 0.1) is 0 Å². The highest BCUT2D eigenvalue weighted by atomic mass is 79.9. The third kappa shape index (κ3) is 5.36. The molecule has 1 aromatic rings. The van der Waals surface area contributed by atoms with Gasteiger partial charge in [0.2, 0.25) is 0 Å². The topological polar surface area (TPSA) is 104 Å². The van der Waals surface area contributed by atoms with Crippen molar-refractivity contribution in [2.24, 2.45) is 0 Å². The largest absolute Gasteiger partial charge is 0.478 e. The molecule has 1 rings (SSSR count). The van der Waals surface area contributed by atoms with Crippen LogP contribution in [0.2, 0.25) is 0 Å². The van der Waals surface area contributed by atoms with E-state index in [4.69, 9.17) is 21.1 Å². The van der Waals surface area contributed by atoms with E-state index < -0.39 is 5.97 Å². The maximum atomic E-state index is 10.5. The molecule has 0 atom stereocenters. The number of benzene rings is 1. The van der Waals surface area contributed by atoms with Crippen molar-refractivity contribution in [2.75, 3.05) is 18.9 Å². The Kier molecular flexibility index (Phi) is 6.68. The van der Waals surface area contributed by atoms with E-state index in [2.05, 4.69) is 15.9 Å². The summed E-state index contributed by atoms with van der Waals surface area (Å²) in [6.45, 7) is -0.250. The first-order valence-corrected chi connectivity index (χ1v) is 4.82. The summed E-state index contributed by atoms with van der Waals surface area (Å²) in [4.78, 5) is 10.5. The van der Waals surface area contributed by atoms with E-state index in [-0.39, 0.29) is 18.8 Å². The highest BCUT2D eigenvalue weighted by Crippen LogP contribution is 2.18. The third-order valence-corrected chi connectivity index (χ3v) is 2.01. The number of hydrogen-bond acceptors (Lipinski definition) is 4. The molecule has 0 unspecified atom stereocenters. The smallest absolute Gasteiger partial charge is 0.336 e. The van der Waals surface area contributed by atoms with Crippen LogP contribution in [0.1, 0.15) is 10.4 Å².